The van der Waals surface area contributed by atoms with E-state index < -0.39 is 5.97 Å². The van der Waals surface area contributed by atoms with Gasteiger partial charge in [-0.3, -0.25) is 15.0 Å². The third-order valence-corrected chi connectivity index (χ3v) is 2.39. The largest absolute Gasteiger partial charge is 0.481 e. The number of amides is 1. The second-order valence-electron chi connectivity index (χ2n) is 4.44. The molecule has 0 aromatic carbocycles. The number of carboxylic acids is 1. The van der Waals surface area contributed by atoms with Gasteiger partial charge in [-0.25, -0.2) is 5.01 Å². The number of hydrogen-bond donors (Lipinski definition) is 2. The fraction of sp³-hybridized carbons (Fsp3) is 0.833. The number of carbonyl (C=O) groups is 2. The van der Waals surface area contributed by atoms with Crippen molar-refractivity contribution in [1.29, 1.82) is 0 Å². The Morgan fingerprint density at radius 1 is 0.941 bits per heavy atom. The standard InChI is InChI=1S/C12H24N2O3/c1-14(2)13-11(15)9-7-5-3-4-6-8-10-12(16)17/h3-10H2,1-2H3,(H,13,15)(H,16,17). The first kappa shape index (κ1) is 15.9. The van der Waals surface area contributed by atoms with Crippen LogP contribution >= 0.6 is 0 Å². The molecule has 0 heterocycles. The van der Waals surface area contributed by atoms with Crippen LogP contribution < -0.4 is 5.43 Å². The molecule has 1 amide bonds. The summed E-state index contributed by atoms with van der Waals surface area (Å²) in [6, 6.07) is 0. The number of hydrazine groups is 1. The van der Waals surface area contributed by atoms with Crippen LogP contribution in [0.1, 0.15) is 51.4 Å². The third-order valence-electron chi connectivity index (χ3n) is 2.39. The Labute approximate surface area is 103 Å². The highest BCUT2D eigenvalue weighted by molar-refractivity contribution is 5.75. The van der Waals surface area contributed by atoms with Gasteiger partial charge in [0.25, 0.3) is 0 Å². The van der Waals surface area contributed by atoms with Crippen LogP contribution in [-0.2, 0) is 9.59 Å². The first-order chi connectivity index (χ1) is 8.02. The van der Waals surface area contributed by atoms with Crippen LogP contribution in [-0.4, -0.2) is 36.1 Å². The normalized spacial score (nSPS) is 10.5. The predicted molar refractivity (Wildman–Crippen MR) is 66.4 cm³/mol. The molecule has 0 bridgehead atoms. The summed E-state index contributed by atoms with van der Waals surface area (Å²) in [5.74, 6) is -0.661. The van der Waals surface area contributed by atoms with Gasteiger partial charge in [0.1, 0.15) is 0 Å². The van der Waals surface area contributed by atoms with Gasteiger partial charge in [-0.2, -0.15) is 0 Å². The summed E-state index contributed by atoms with van der Waals surface area (Å²) in [6.07, 6.45) is 6.63. The van der Waals surface area contributed by atoms with Crippen LogP contribution in [0.2, 0.25) is 0 Å². The van der Waals surface area contributed by atoms with Crippen LogP contribution in [0.15, 0.2) is 0 Å². The van der Waals surface area contributed by atoms with Crippen molar-refractivity contribution in [3.8, 4) is 0 Å². The number of carbonyl (C=O) groups excluding carboxylic acids is 1. The van der Waals surface area contributed by atoms with Crippen molar-refractivity contribution in [2.75, 3.05) is 14.1 Å². The smallest absolute Gasteiger partial charge is 0.303 e. The van der Waals surface area contributed by atoms with Gasteiger partial charge in [-0.15, -0.1) is 0 Å². The fourth-order valence-corrected chi connectivity index (χ4v) is 1.57. The van der Waals surface area contributed by atoms with Crippen molar-refractivity contribution in [2.45, 2.75) is 51.4 Å². The molecule has 0 saturated heterocycles. The molecule has 0 aromatic heterocycles. The van der Waals surface area contributed by atoms with Crippen molar-refractivity contribution < 1.29 is 14.7 Å². The quantitative estimate of drug-likeness (QED) is 0.454. The molecule has 0 rings (SSSR count). The van der Waals surface area contributed by atoms with Crippen LogP contribution in [0.5, 0.6) is 0 Å². The summed E-state index contributed by atoms with van der Waals surface area (Å²) >= 11 is 0. The maximum Gasteiger partial charge on any atom is 0.303 e. The van der Waals surface area contributed by atoms with E-state index in [9.17, 15) is 9.59 Å². The molecule has 0 fully saturated rings. The Kier molecular flexibility index (Phi) is 9.43. The lowest BCUT2D eigenvalue weighted by atomic mass is 10.1. The van der Waals surface area contributed by atoms with E-state index in [1.54, 1.807) is 19.1 Å². The molecule has 0 saturated carbocycles. The Hall–Kier alpha value is -1.10. The zero-order chi connectivity index (χ0) is 13.1. The summed E-state index contributed by atoms with van der Waals surface area (Å²) in [6.45, 7) is 0. The van der Waals surface area contributed by atoms with Crippen LogP contribution in [0.25, 0.3) is 0 Å². The molecule has 17 heavy (non-hydrogen) atoms. The minimum absolute atomic E-state index is 0.0564. The third kappa shape index (κ3) is 12.8. The van der Waals surface area contributed by atoms with Gasteiger partial charge in [0, 0.05) is 26.9 Å². The first-order valence-corrected chi connectivity index (χ1v) is 6.21. The number of nitrogens with one attached hydrogen (secondary N) is 1. The van der Waals surface area contributed by atoms with Crippen molar-refractivity contribution in [3.05, 3.63) is 0 Å². The second kappa shape index (κ2) is 10.1. The van der Waals surface area contributed by atoms with Crippen molar-refractivity contribution >= 4 is 11.9 Å². The van der Waals surface area contributed by atoms with Crippen LogP contribution in [0.4, 0.5) is 0 Å². The van der Waals surface area contributed by atoms with E-state index in [1.165, 1.54) is 0 Å². The molecule has 0 unspecified atom stereocenters. The Bertz CT molecular complexity index is 230. The summed E-state index contributed by atoms with van der Waals surface area (Å²) in [5.41, 5.74) is 2.70. The molecular weight excluding hydrogens is 220 g/mol. The first-order valence-electron chi connectivity index (χ1n) is 6.21. The highest BCUT2D eigenvalue weighted by Crippen LogP contribution is 2.08. The lowest BCUT2D eigenvalue weighted by Gasteiger charge is -2.11. The molecule has 2 N–H and O–H groups in total. The monoisotopic (exact) mass is 244 g/mol. The van der Waals surface area contributed by atoms with Gasteiger partial charge in [-0.05, 0) is 12.8 Å². The SMILES string of the molecule is CN(C)NC(=O)CCCCCCCCC(=O)O. The van der Waals surface area contributed by atoms with E-state index in [1.807, 2.05) is 0 Å². The van der Waals surface area contributed by atoms with Crippen molar-refractivity contribution in [3.63, 3.8) is 0 Å². The van der Waals surface area contributed by atoms with Gasteiger partial charge in [0.05, 0.1) is 0 Å². The van der Waals surface area contributed by atoms with Crippen molar-refractivity contribution in [2.24, 2.45) is 0 Å². The van der Waals surface area contributed by atoms with E-state index >= 15 is 0 Å². The molecule has 0 aliphatic carbocycles. The molecule has 0 aliphatic rings. The Balaban J connectivity index is 3.18. The van der Waals surface area contributed by atoms with Gasteiger partial charge < -0.3 is 5.11 Å². The lowest BCUT2D eigenvalue weighted by Crippen LogP contribution is -2.35. The fourth-order valence-electron chi connectivity index (χ4n) is 1.57. The van der Waals surface area contributed by atoms with Crippen LogP contribution in [0.3, 0.4) is 0 Å². The molecule has 100 valence electrons. The summed E-state index contributed by atoms with van der Waals surface area (Å²) in [7, 11) is 3.58. The Morgan fingerprint density at radius 2 is 1.41 bits per heavy atom. The number of rotatable bonds is 10. The van der Waals surface area contributed by atoms with E-state index in [0.717, 1.165) is 38.5 Å². The topological polar surface area (TPSA) is 69.6 Å². The average Bonchev–Trinajstić information content (AvgIpc) is 2.20. The van der Waals surface area contributed by atoms with Crippen LogP contribution in [0, 0.1) is 0 Å². The molecule has 0 radical (unpaired) electrons. The Morgan fingerprint density at radius 3 is 1.88 bits per heavy atom. The number of nitrogens with zero attached hydrogens (tertiary/aromatic N) is 1. The predicted octanol–water partition coefficient (Wildman–Crippen LogP) is 1.78. The van der Waals surface area contributed by atoms with E-state index in [2.05, 4.69) is 5.43 Å². The van der Waals surface area contributed by atoms with Gasteiger partial charge in [0.2, 0.25) is 5.91 Å². The highest BCUT2D eigenvalue weighted by Gasteiger charge is 2.01. The minimum Gasteiger partial charge on any atom is -0.481 e. The molecule has 0 aromatic rings. The number of hydrogen-bond acceptors (Lipinski definition) is 3. The maximum atomic E-state index is 11.2. The number of carboxylic acid groups (broad SMARTS) is 1. The zero-order valence-electron chi connectivity index (χ0n) is 10.9. The lowest BCUT2D eigenvalue weighted by molar-refractivity contribution is -0.137. The number of aliphatic carboxylic acids is 1. The summed E-state index contributed by atoms with van der Waals surface area (Å²) < 4.78 is 0. The minimum atomic E-state index is -0.717. The van der Waals surface area contributed by atoms with E-state index in [4.69, 9.17) is 5.11 Å². The van der Waals surface area contributed by atoms with Gasteiger partial charge >= 0.3 is 5.97 Å². The number of unbranched alkanes of at least 4 members (excludes halogenated alkanes) is 5. The molecule has 5 nitrogen and oxygen atoms in total. The summed E-state index contributed by atoms with van der Waals surface area (Å²) in [5, 5.41) is 10.1. The molecule has 0 atom stereocenters. The second-order valence-corrected chi connectivity index (χ2v) is 4.44. The van der Waals surface area contributed by atoms with E-state index in [0.29, 0.717) is 6.42 Å². The maximum absolute atomic E-state index is 11.2. The summed E-state index contributed by atoms with van der Waals surface area (Å²) in [4.78, 5) is 21.5. The average molecular weight is 244 g/mol. The van der Waals surface area contributed by atoms with Gasteiger partial charge in [-0.1, -0.05) is 25.7 Å². The van der Waals surface area contributed by atoms with Crippen molar-refractivity contribution in [1.82, 2.24) is 10.4 Å². The highest BCUT2D eigenvalue weighted by atomic mass is 16.4. The molecule has 0 spiro atoms. The zero-order valence-corrected chi connectivity index (χ0v) is 10.9. The molecular formula is C12H24N2O3. The van der Waals surface area contributed by atoms with Gasteiger partial charge in [0.15, 0.2) is 0 Å². The molecule has 0 aliphatic heterocycles. The van der Waals surface area contributed by atoms with E-state index in [-0.39, 0.29) is 12.3 Å². The molecule has 5 heteroatoms.